The molecule has 0 amide bonds. The molecule has 7 nitrogen and oxygen atoms in total. The average molecular weight is 399 g/mol. The van der Waals surface area contributed by atoms with Gasteiger partial charge in [0, 0.05) is 32.4 Å². The van der Waals surface area contributed by atoms with Gasteiger partial charge in [0.25, 0.3) is 0 Å². The van der Waals surface area contributed by atoms with Gasteiger partial charge in [0.1, 0.15) is 0 Å². The van der Waals surface area contributed by atoms with E-state index in [9.17, 15) is 9.90 Å². The average Bonchev–Trinajstić information content (AvgIpc) is 3.29. The van der Waals surface area contributed by atoms with Crippen molar-refractivity contribution in [1.29, 1.82) is 0 Å². The minimum absolute atomic E-state index is 0.0204. The van der Waals surface area contributed by atoms with Crippen molar-refractivity contribution in [3.63, 3.8) is 0 Å². The van der Waals surface area contributed by atoms with Crippen LogP contribution in [0.5, 0.6) is 0 Å². The van der Waals surface area contributed by atoms with Crippen LogP contribution < -0.4 is 5.32 Å². The Labute approximate surface area is 171 Å². The molecule has 1 aliphatic rings. The molecule has 1 unspecified atom stereocenters. The van der Waals surface area contributed by atoms with E-state index >= 15 is 0 Å². The predicted molar refractivity (Wildman–Crippen MR) is 111 cm³/mol. The van der Waals surface area contributed by atoms with E-state index in [0.29, 0.717) is 26.1 Å². The summed E-state index contributed by atoms with van der Waals surface area (Å²) < 4.78 is 6.92. The Hall–Kier alpha value is -2.48. The summed E-state index contributed by atoms with van der Waals surface area (Å²) in [5.74, 6) is -0.715. The molecule has 156 valence electrons. The van der Waals surface area contributed by atoms with Gasteiger partial charge in [-0.15, -0.1) is 0 Å². The number of hydrogen-bond acceptors (Lipinski definition) is 5. The lowest BCUT2D eigenvalue weighted by atomic mass is 10.1. The first kappa shape index (κ1) is 21.2. The molecule has 3 rings (SSSR count). The molecular formula is C22H29N3O4. The predicted octanol–water partition coefficient (Wildman–Crippen LogP) is 2.56. The highest BCUT2D eigenvalue weighted by atomic mass is 16.5. The second-order valence-corrected chi connectivity index (χ2v) is 7.77. The molecule has 0 saturated heterocycles. The van der Waals surface area contributed by atoms with Gasteiger partial charge in [0.05, 0.1) is 24.5 Å². The van der Waals surface area contributed by atoms with E-state index in [0.717, 1.165) is 17.5 Å². The molecular weight excluding hydrogens is 370 g/mol. The fourth-order valence-corrected chi connectivity index (χ4v) is 3.90. The lowest BCUT2D eigenvalue weighted by molar-refractivity contribution is 0.0696. The molecule has 0 spiro atoms. The smallest absolute Gasteiger partial charge is 0.338 e. The zero-order chi connectivity index (χ0) is 20.8. The highest BCUT2D eigenvalue weighted by molar-refractivity contribution is 5.86. The molecule has 0 aliphatic heterocycles. The Morgan fingerprint density at radius 3 is 2.90 bits per heavy atom. The Kier molecular flexibility index (Phi) is 7.19. The van der Waals surface area contributed by atoms with Crippen molar-refractivity contribution in [2.24, 2.45) is 5.92 Å². The number of carboxylic acids is 1. The summed E-state index contributed by atoms with van der Waals surface area (Å²) in [5, 5.41) is 27.0. The molecule has 1 heterocycles. The maximum absolute atomic E-state index is 11.0. The van der Waals surface area contributed by atoms with Gasteiger partial charge in [-0.2, -0.15) is 5.10 Å². The zero-order valence-corrected chi connectivity index (χ0v) is 16.9. The van der Waals surface area contributed by atoms with E-state index in [1.54, 1.807) is 18.0 Å². The molecule has 7 heteroatoms. The van der Waals surface area contributed by atoms with E-state index in [1.807, 2.05) is 12.1 Å². The number of ether oxygens (including phenoxy) is 1. The second kappa shape index (κ2) is 9.82. The van der Waals surface area contributed by atoms with Crippen LogP contribution in [-0.4, -0.2) is 51.8 Å². The summed E-state index contributed by atoms with van der Waals surface area (Å²) in [7, 11) is 1.69. The summed E-state index contributed by atoms with van der Waals surface area (Å²) in [5.41, 5.74) is 3.66. The van der Waals surface area contributed by atoms with E-state index in [-0.39, 0.29) is 17.5 Å². The minimum atomic E-state index is -0.975. The molecule has 0 radical (unpaired) electrons. The van der Waals surface area contributed by atoms with Gasteiger partial charge in [-0.3, -0.25) is 4.68 Å². The first-order chi connectivity index (χ1) is 14.0. The van der Waals surface area contributed by atoms with Crippen molar-refractivity contribution in [2.75, 3.05) is 13.7 Å². The Bertz CT molecular complexity index is 861. The number of nitrogens with one attached hydrogen (secondary N) is 1. The Morgan fingerprint density at radius 2 is 2.17 bits per heavy atom. The monoisotopic (exact) mass is 399 g/mol. The third kappa shape index (κ3) is 5.76. The van der Waals surface area contributed by atoms with Gasteiger partial charge >= 0.3 is 5.97 Å². The molecule has 1 aromatic carbocycles. The molecule has 1 fully saturated rings. The lowest BCUT2D eigenvalue weighted by Crippen LogP contribution is -2.36. The molecule has 1 aliphatic carbocycles. The number of carbonyl (C=O) groups is 1. The number of aliphatic hydroxyl groups excluding tert-OH is 1. The van der Waals surface area contributed by atoms with Crippen molar-refractivity contribution >= 4 is 12.0 Å². The van der Waals surface area contributed by atoms with Crippen LogP contribution in [0.25, 0.3) is 6.08 Å². The molecule has 0 bridgehead atoms. The number of aromatic nitrogens is 2. The second-order valence-electron chi connectivity index (χ2n) is 7.77. The molecule has 2 aromatic rings. The van der Waals surface area contributed by atoms with Gasteiger partial charge in [-0.05, 0) is 36.8 Å². The highest BCUT2D eigenvalue weighted by Crippen LogP contribution is 2.27. The van der Waals surface area contributed by atoms with Crippen LogP contribution in [0.3, 0.4) is 0 Å². The lowest BCUT2D eigenvalue weighted by Gasteiger charge is -2.17. The number of methoxy groups -OCH3 is 1. The van der Waals surface area contributed by atoms with Gasteiger partial charge in [-0.1, -0.05) is 35.9 Å². The van der Waals surface area contributed by atoms with Crippen molar-refractivity contribution in [3.8, 4) is 0 Å². The number of benzene rings is 1. The summed E-state index contributed by atoms with van der Waals surface area (Å²) in [4.78, 5) is 11.0. The van der Waals surface area contributed by atoms with E-state index in [1.165, 1.54) is 11.8 Å². The topological polar surface area (TPSA) is 96.6 Å². The van der Waals surface area contributed by atoms with Crippen LogP contribution in [-0.2, 0) is 17.9 Å². The SMILES string of the molecule is COCc1ccccc1/C=C(\C)CN[C@@H]1CC(Cn2cc(C(=O)O)cn2)C[C@H]1O. The van der Waals surface area contributed by atoms with Crippen LogP contribution in [0.1, 0.15) is 41.3 Å². The van der Waals surface area contributed by atoms with E-state index < -0.39 is 12.1 Å². The number of aliphatic hydroxyl groups is 1. The number of hydrogen-bond donors (Lipinski definition) is 3. The third-order valence-corrected chi connectivity index (χ3v) is 5.35. The quantitative estimate of drug-likeness (QED) is 0.600. The number of carboxylic acid groups (broad SMARTS) is 1. The largest absolute Gasteiger partial charge is 0.478 e. The number of rotatable bonds is 9. The van der Waals surface area contributed by atoms with Crippen LogP contribution in [0, 0.1) is 5.92 Å². The Morgan fingerprint density at radius 1 is 1.38 bits per heavy atom. The molecule has 3 atom stereocenters. The molecule has 1 aromatic heterocycles. The molecule has 29 heavy (non-hydrogen) atoms. The van der Waals surface area contributed by atoms with Gasteiger partial charge in [-0.25, -0.2) is 4.79 Å². The van der Waals surface area contributed by atoms with Gasteiger partial charge < -0.3 is 20.3 Å². The summed E-state index contributed by atoms with van der Waals surface area (Å²) in [6.45, 7) is 3.96. The van der Waals surface area contributed by atoms with Crippen LogP contribution in [0.2, 0.25) is 0 Å². The zero-order valence-electron chi connectivity index (χ0n) is 16.9. The highest BCUT2D eigenvalue weighted by Gasteiger charge is 2.32. The summed E-state index contributed by atoms with van der Waals surface area (Å²) in [6, 6.07) is 8.18. The molecule has 1 saturated carbocycles. The van der Waals surface area contributed by atoms with Gasteiger partial charge in [0.2, 0.25) is 0 Å². The van der Waals surface area contributed by atoms with Crippen molar-refractivity contribution in [1.82, 2.24) is 15.1 Å². The van der Waals surface area contributed by atoms with E-state index in [2.05, 4.69) is 35.5 Å². The minimum Gasteiger partial charge on any atom is -0.478 e. The van der Waals surface area contributed by atoms with Crippen LogP contribution in [0.4, 0.5) is 0 Å². The number of aromatic carboxylic acids is 1. The summed E-state index contributed by atoms with van der Waals surface area (Å²) in [6.07, 6.45) is 6.15. The fourth-order valence-electron chi connectivity index (χ4n) is 3.90. The standard InChI is InChI=1S/C22H29N3O4/c1-15(7-17-5-3-4-6-18(17)14-29-2)10-23-20-8-16(9-21(20)26)12-25-13-19(11-24-25)22(27)28/h3-7,11,13,16,20-21,23,26H,8-10,12,14H2,1-2H3,(H,27,28)/b15-7+/t16?,20-,21-/m1/s1. The van der Waals surface area contributed by atoms with Crippen LogP contribution in [0.15, 0.2) is 42.2 Å². The van der Waals surface area contributed by atoms with Crippen molar-refractivity contribution < 1.29 is 19.7 Å². The van der Waals surface area contributed by atoms with E-state index in [4.69, 9.17) is 9.84 Å². The van der Waals surface area contributed by atoms with Crippen molar-refractivity contribution in [3.05, 3.63) is 58.9 Å². The van der Waals surface area contributed by atoms with Gasteiger partial charge in [0.15, 0.2) is 0 Å². The first-order valence-corrected chi connectivity index (χ1v) is 9.87. The van der Waals surface area contributed by atoms with Crippen LogP contribution >= 0.6 is 0 Å². The Balaban J connectivity index is 1.53. The fraction of sp³-hybridized carbons (Fsp3) is 0.455. The number of nitrogens with zero attached hydrogens (tertiary/aromatic N) is 2. The first-order valence-electron chi connectivity index (χ1n) is 9.87. The normalized spacial score (nSPS) is 22.2. The third-order valence-electron chi connectivity index (χ3n) is 5.35. The summed E-state index contributed by atoms with van der Waals surface area (Å²) >= 11 is 0. The van der Waals surface area contributed by atoms with Crippen molar-refractivity contribution in [2.45, 2.75) is 45.1 Å². The molecule has 3 N–H and O–H groups in total. The maximum Gasteiger partial charge on any atom is 0.338 e. The maximum atomic E-state index is 11.0.